The number of esters is 1. The van der Waals surface area contributed by atoms with Gasteiger partial charge in [0.1, 0.15) is 6.61 Å². The molecule has 0 saturated carbocycles. The normalized spacial score (nSPS) is 10.9. The van der Waals surface area contributed by atoms with Crippen molar-refractivity contribution in [1.82, 2.24) is 4.90 Å². The van der Waals surface area contributed by atoms with Crippen LogP contribution in [0.4, 0.5) is 5.69 Å². The van der Waals surface area contributed by atoms with Crippen molar-refractivity contribution in [3.8, 4) is 0 Å². The van der Waals surface area contributed by atoms with Gasteiger partial charge in [-0.1, -0.05) is 24.3 Å². The van der Waals surface area contributed by atoms with Crippen molar-refractivity contribution in [2.24, 2.45) is 4.99 Å². The lowest BCUT2D eigenvalue weighted by atomic mass is 10.0. The van der Waals surface area contributed by atoms with Gasteiger partial charge in [0.25, 0.3) is 0 Å². The van der Waals surface area contributed by atoms with Gasteiger partial charge in [0, 0.05) is 13.6 Å². The van der Waals surface area contributed by atoms with Crippen molar-refractivity contribution in [2.45, 2.75) is 34.3 Å². The zero-order valence-electron chi connectivity index (χ0n) is 15.7. The van der Waals surface area contributed by atoms with Crippen LogP contribution < -0.4 is 0 Å². The molecular weight excluding hydrogens is 312 g/mol. The zero-order chi connectivity index (χ0) is 18.4. The van der Waals surface area contributed by atoms with Crippen molar-refractivity contribution >= 4 is 18.0 Å². The minimum Gasteiger partial charge on any atom is -0.457 e. The van der Waals surface area contributed by atoms with Gasteiger partial charge in [0.2, 0.25) is 0 Å². The second kappa shape index (κ2) is 8.47. The fourth-order valence-electron chi connectivity index (χ4n) is 2.40. The molecule has 132 valence electrons. The SMILES string of the molecule is CCN(C)/C=N/c1ccc(C(=O)OCc2ccccc2C)c(C)c1C. The molecule has 0 aliphatic carbocycles. The van der Waals surface area contributed by atoms with Gasteiger partial charge in [-0.15, -0.1) is 0 Å². The third-order valence-electron chi connectivity index (χ3n) is 4.49. The topological polar surface area (TPSA) is 41.9 Å². The average molecular weight is 338 g/mol. The highest BCUT2D eigenvalue weighted by Gasteiger charge is 2.14. The lowest BCUT2D eigenvalue weighted by molar-refractivity contribution is 0.0471. The Morgan fingerprint density at radius 3 is 2.52 bits per heavy atom. The second-order valence-electron chi connectivity index (χ2n) is 6.20. The summed E-state index contributed by atoms with van der Waals surface area (Å²) in [6.07, 6.45) is 1.80. The van der Waals surface area contributed by atoms with Crippen molar-refractivity contribution in [3.63, 3.8) is 0 Å². The lowest BCUT2D eigenvalue weighted by Gasteiger charge is -2.13. The molecule has 0 aliphatic rings. The number of hydrogen-bond acceptors (Lipinski definition) is 3. The number of carbonyl (C=O) groups is 1. The van der Waals surface area contributed by atoms with Gasteiger partial charge in [-0.05, 0) is 62.1 Å². The van der Waals surface area contributed by atoms with E-state index in [9.17, 15) is 4.79 Å². The van der Waals surface area contributed by atoms with E-state index in [4.69, 9.17) is 4.74 Å². The number of aryl methyl sites for hydroxylation is 1. The van der Waals surface area contributed by atoms with E-state index < -0.39 is 0 Å². The molecule has 25 heavy (non-hydrogen) atoms. The van der Waals surface area contributed by atoms with Crippen LogP contribution in [-0.2, 0) is 11.3 Å². The molecule has 0 radical (unpaired) electrons. The third-order valence-corrected chi connectivity index (χ3v) is 4.49. The maximum Gasteiger partial charge on any atom is 0.338 e. The summed E-state index contributed by atoms with van der Waals surface area (Å²) >= 11 is 0. The summed E-state index contributed by atoms with van der Waals surface area (Å²) in [6, 6.07) is 11.6. The minimum atomic E-state index is -0.301. The summed E-state index contributed by atoms with van der Waals surface area (Å²) in [6.45, 7) is 9.17. The molecule has 4 heteroatoms. The molecule has 0 bridgehead atoms. The van der Waals surface area contributed by atoms with Crippen molar-refractivity contribution in [1.29, 1.82) is 0 Å². The van der Waals surface area contributed by atoms with Gasteiger partial charge in [-0.3, -0.25) is 0 Å². The van der Waals surface area contributed by atoms with E-state index in [0.29, 0.717) is 5.56 Å². The lowest BCUT2D eigenvalue weighted by Crippen LogP contribution is -2.14. The van der Waals surface area contributed by atoms with Crippen LogP contribution in [0.5, 0.6) is 0 Å². The summed E-state index contributed by atoms with van der Waals surface area (Å²) in [5.74, 6) is -0.301. The Hall–Kier alpha value is -2.62. The molecule has 2 aromatic rings. The van der Waals surface area contributed by atoms with Crippen LogP contribution in [0.3, 0.4) is 0 Å². The number of hydrogen-bond donors (Lipinski definition) is 0. The molecule has 0 aromatic heterocycles. The van der Waals surface area contributed by atoms with Crippen LogP contribution in [0.2, 0.25) is 0 Å². The molecule has 0 atom stereocenters. The van der Waals surface area contributed by atoms with E-state index in [1.807, 2.05) is 63.1 Å². The second-order valence-corrected chi connectivity index (χ2v) is 6.20. The Morgan fingerprint density at radius 1 is 1.12 bits per heavy atom. The van der Waals surface area contributed by atoms with E-state index in [-0.39, 0.29) is 12.6 Å². The maximum absolute atomic E-state index is 12.5. The van der Waals surface area contributed by atoms with Crippen LogP contribution in [0.15, 0.2) is 41.4 Å². The number of carbonyl (C=O) groups excluding carboxylic acids is 1. The fraction of sp³-hybridized carbons (Fsp3) is 0.333. The Morgan fingerprint density at radius 2 is 1.84 bits per heavy atom. The molecule has 4 nitrogen and oxygen atoms in total. The quantitative estimate of drug-likeness (QED) is 0.440. The molecule has 0 unspecified atom stereocenters. The van der Waals surface area contributed by atoms with Crippen LogP contribution in [0, 0.1) is 20.8 Å². The summed E-state index contributed by atoms with van der Waals surface area (Å²) in [7, 11) is 1.98. The monoisotopic (exact) mass is 338 g/mol. The Labute approximate surface area is 150 Å². The Balaban J connectivity index is 2.14. The first-order valence-electron chi connectivity index (χ1n) is 8.50. The third kappa shape index (κ3) is 4.69. The maximum atomic E-state index is 12.5. The van der Waals surface area contributed by atoms with Crippen LogP contribution >= 0.6 is 0 Å². The number of ether oxygens (including phenoxy) is 1. The van der Waals surface area contributed by atoms with Crippen molar-refractivity contribution in [2.75, 3.05) is 13.6 Å². The first kappa shape index (κ1) is 18.7. The standard InChI is InChI=1S/C21H26N2O2/c1-6-23(5)14-22-20-12-11-19(16(3)17(20)4)21(24)25-13-18-10-8-7-9-15(18)2/h7-12,14H,6,13H2,1-5H3/b22-14+. The van der Waals surface area contributed by atoms with E-state index >= 15 is 0 Å². The highest BCUT2D eigenvalue weighted by atomic mass is 16.5. The molecule has 2 rings (SSSR count). The van der Waals surface area contributed by atoms with E-state index in [1.165, 1.54) is 0 Å². The Kier molecular flexibility index (Phi) is 6.34. The molecular formula is C21H26N2O2. The predicted octanol–water partition coefficient (Wildman–Crippen LogP) is 4.58. The van der Waals surface area contributed by atoms with Gasteiger partial charge < -0.3 is 9.64 Å². The minimum absolute atomic E-state index is 0.283. The smallest absolute Gasteiger partial charge is 0.338 e. The molecule has 0 aliphatic heterocycles. The van der Waals surface area contributed by atoms with Crippen molar-refractivity contribution < 1.29 is 9.53 Å². The summed E-state index contributed by atoms with van der Waals surface area (Å²) in [4.78, 5) is 18.9. The van der Waals surface area contributed by atoms with Crippen LogP contribution in [0.25, 0.3) is 0 Å². The molecule has 0 saturated heterocycles. The van der Waals surface area contributed by atoms with Gasteiger partial charge in [-0.2, -0.15) is 0 Å². The predicted molar refractivity (Wildman–Crippen MR) is 103 cm³/mol. The summed E-state index contributed by atoms with van der Waals surface area (Å²) in [5.41, 5.74) is 5.50. The van der Waals surface area contributed by atoms with Crippen LogP contribution in [-0.4, -0.2) is 30.8 Å². The molecule has 2 aromatic carbocycles. The van der Waals surface area contributed by atoms with Gasteiger partial charge in [0.15, 0.2) is 0 Å². The van der Waals surface area contributed by atoms with Gasteiger partial charge in [-0.25, -0.2) is 9.79 Å². The largest absolute Gasteiger partial charge is 0.457 e. The Bertz CT molecular complexity index is 781. The number of nitrogens with zero attached hydrogens (tertiary/aromatic N) is 2. The first-order valence-corrected chi connectivity index (χ1v) is 8.50. The highest BCUT2D eigenvalue weighted by Crippen LogP contribution is 2.25. The first-order chi connectivity index (χ1) is 11.9. The van der Waals surface area contributed by atoms with Gasteiger partial charge >= 0.3 is 5.97 Å². The molecule has 0 heterocycles. The highest BCUT2D eigenvalue weighted by molar-refractivity contribution is 5.92. The number of rotatable bonds is 6. The van der Waals surface area contributed by atoms with Gasteiger partial charge in [0.05, 0.1) is 17.6 Å². The number of benzene rings is 2. The fourth-order valence-corrected chi connectivity index (χ4v) is 2.40. The molecule has 0 fully saturated rings. The average Bonchev–Trinajstić information content (AvgIpc) is 2.61. The molecule has 0 amide bonds. The zero-order valence-corrected chi connectivity index (χ0v) is 15.7. The van der Waals surface area contributed by atoms with Crippen molar-refractivity contribution in [3.05, 3.63) is 64.2 Å². The van der Waals surface area contributed by atoms with E-state index in [2.05, 4.69) is 11.9 Å². The van der Waals surface area contributed by atoms with E-state index in [1.54, 1.807) is 12.4 Å². The number of aliphatic imine (C=N–C) groups is 1. The molecule has 0 N–H and O–H groups in total. The van der Waals surface area contributed by atoms with E-state index in [0.717, 1.165) is 34.5 Å². The molecule has 0 spiro atoms. The van der Waals surface area contributed by atoms with Crippen LogP contribution in [0.1, 0.15) is 39.5 Å². The summed E-state index contributed by atoms with van der Waals surface area (Å²) < 4.78 is 5.50. The summed E-state index contributed by atoms with van der Waals surface area (Å²) in [5, 5.41) is 0.